The number of nitrogens with zero attached hydrogens (tertiary/aromatic N) is 4. The molecule has 0 saturated heterocycles. The average molecular weight is 136 g/mol. The first kappa shape index (κ1) is 7.20. The SMILES string of the molecule is O=NN([N+](=O)[O-])[N+](=O)[O-]. The minimum atomic E-state index is -1.55. The van der Waals surface area contributed by atoms with E-state index in [9.17, 15) is 25.1 Å². The lowest BCUT2D eigenvalue weighted by molar-refractivity contribution is -0.909. The van der Waals surface area contributed by atoms with Crippen LogP contribution in [0.4, 0.5) is 0 Å². The van der Waals surface area contributed by atoms with Gasteiger partial charge in [-0.1, -0.05) is 0 Å². The molecule has 0 fully saturated rings. The monoisotopic (exact) mass is 136 g/mol. The molecule has 0 bridgehead atoms. The molecule has 50 valence electrons. The standard InChI is InChI=1S/N4O5/c5-1-2(3(6)7)4(8)9. The molecule has 0 aliphatic heterocycles. The van der Waals surface area contributed by atoms with Crippen LogP contribution in [0.25, 0.3) is 0 Å². The van der Waals surface area contributed by atoms with Gasteiger partial charge in [0.25, 0.3) is 0 Å². The molecule has 0 saturated carbocycles. The highest BCUT2D eigenvalue weighted by molar-refractivity contribution is 4.08. The Morgan fingerprint density at radius 3 is 1.56 bits per heavy atom. The number of rotatable bonds is 3. The van der Waals surface area contributed by atoms with Gasteiger partial charge in [0.2, 0.25) is 0 Å². The number of nitroso groups, excluding NO2 is 1. The molecule has 0 rings (SSSR count). The smallest absolute Gasteiger partial charge is 0.300 e. The van der Waals surface area contributed by atoms with Gasteiger partial charge in [-0.25, -0.2) is 0 Å². The number of hydrogen-bond acceptors (Lipinski definition) is 6. The Kier molecular flexibility index (Phi) is 1.99. The molecule has 0 atom stereocenters. The summed E-state index contributed by atoms with van der Waals surface area (Å²) < 4.78 is 0. The Hall–Kier alpha value is -1.80. The van der Waals surface area contributed by atoms with Crippen molar-refractivity contribution in [1.29, 1.82) is 0 Å². The fourth-order valence-electron chi connectivity index (χ4n) is 0.119. The van der Waals surface area contributed by atoms with Crippen molar-refractivity contribution >= 4 is 0 Å². The molecule has 9 nitrogen and oxygen atoms in total. The zero-order valence-corrected chi connectivity index (χ0v) is 3.83. The predicted octanol–water partition coefficient (Wildman–Crippen LogP) is -0.647. The second-order valence-electron chi connectivity index (χ2n) is 0.826. The van der Waals surface area contributed by atoms with Crippen molar-refractivity contribution in [3.05, 3.63) is 25.1 Å². The maximum atomic E-state index is 9.37. The van der Waals surface area contributed by atoms with E-state index in [0.29, 0.717) is 0 Å². The fourth-order valence-corrected chi connectivity index (χ4v) is 0.119. The lowest BCUT2D eigenvalue weighted by Gasteiger charge is -1.90. The van der Waals surface area contributed by atoms with Crippen LogP contribution >= 0.6 is 0 Å². The number of nitro groups is 2. The van der Waals surface area contributed by atoms with E-state index >= 15 is 0 Å². The van der Waals surface area contributed by atoms with E-state index in [2.05, 4.69) is 0 Å². The summed E-state index contributed by atoms with van der Waals surface area (Å²) in [6, 6.07) is 0. The Bertz CT molecular complexity index is 135. The van der Waals surface area contributed by atoms with Crippen LogP contribution in [0.5, 0.6) is 0 Å². The van der Waals surface area contributed by atoms with Gasteiger partial charge in [0.15, 0.2) is 10.1 Å². The molecule has 0 aromatic heterocycles. The van der Waals surface area contributed by atoms with E-state index in [-0.39, 0.29) is 0 Å². The van der Waals surface area contributed by atoms with Crippen molar-refractivity contribution in [1.82, 2.24) is 5.23 Å². The summed E-state index contributed by atoms with van der Waals surface area (Å²) in [5.41, 5.74) is 0. The van der Waals surface area contributed by atoms with Gasteiger partial charge >= 0.3 is 10.5 Å². The molecule has 0 unspecified atom stereocenters. The van der Waals surface area contributed by atoms with Gasteiger partial charge in [0, 0.05) is 0 Å². The van der Waals surface area contributed by atoms with Crippen molar-refractivity contribution < 1.29 is 10.1 Å². The number of hydrazine groups is 2. The molecule has 0 heterocycles. The molecule has 0 aromatic carbocycles. The molecule has 9 heavy (non-hydrogen) atoms. The molecule has 0 amide bonds. The van der Waals surface area contributed by atoms with E-state index in [0.717, 1.165) is 0 Å². The summed E-state index contributed by atoms with van der Waals surface area (Å²) >= 11 is 0. The average Bonchev–Trinajstić information content (AvgIpc) is 1.64. The van der Waals surface area contributed by atoms with Crippen LogP contribution in [0.15, 0.2) is 5.29 Å². The summed E-state index contributed by atoms with van der Waals surface area (Å²) in [4.78, 5) is 27.9. The molecule has 0 aliphatic carbocycles. The molecule has 0 spiro atoms. The van der Waals surface area contributed by atoms with Crippen LogP contribution in [-0.4, -0.2) is 15.3 Å². The van der Waals surface area contributed by atoms with Gasteiger partial charge in [0.1, 0.15) is 0 Å². The van der Waals surface area contributed by atoms with Gasteiger partial charge in [-0.2, -0.15) is 0 Å². The molecule has 0 N–H and O–H groups in total. The Balaban J connectivity index is 4.16. The van der Waals surface area contributed by atoms with Crippen LogP contribution in [0.3, 0.4) is 0 Å². The maximum Gasteiger partial charge on any atom is 0.444 e. The summed E-state index contributed by atoms with van der Waals surface area (Å²) in [5.74, 6) is 0. The quantitative estimate of drug-likeness (QED) is 0.289. The van der Waals surface area contributed by atoms with E-state index in [1.165, 1.54) is 5.29 Å². The molecular formula is N4O5. The third-order valence-corrected chi connectivity index (χ3v) is 0.365. The number of hydrogen-bond donors (Lipinski definition) is 0. The highest BCUT2D eigenvalue weighted by Crippen LogP contribution is 1.86. The van der Waals surface area contributed by atoms with E-state index in [4.69, 9.17) is 0 Å². The van der Waals surface area contributed by atoms with Crippen molar-refractivity contribution in [3.8, 4) is 0 Å². The van der Waals surface area contributed by atoms with Crippen molar-refractivity contribution in [3.63, 3.8) is 0 Å². The minimum Gasteiger partial charge on any atom is -0.300 e. The summed E-state index contributed by atoms with van der Waals surface area (Å²) in [6.07, 6.45) is 0. The lowest BCUT2D eigenvalue weighted by Crippen LogP contribution is -2.29. The highest BCUT2D eigenvalue weighted by atomic mass is 16.8. The van der Waals surface area contributed by atoms with E-state index in [1.807, 2.05) is 0 Å². The summed E-state index contributed by atoms with van der Waals surface area (Å²) in [7, 11) is 0. The van der Waals surface area contributed by atoms with Crippen LogP contribution in [0.2, 0.25) is 0 Å². The van der Waals surface area contributed by atoms with Gasteiger partial charge in [-0.15, -0.1) is 0 Å². The van der Waals surface area contributed by atoms with Crippen molar-refractivity contribution in [2.75, 3.05) is 0 Å². The maximum absolute atomic E-state index is 9.37. The summed E-state index contributed by atoms with van der Waals surface area (Å²) in [6.45, 7) is 0. The van der Waals surface area contributed by atoms with E-state index < -0.39 is 15.3 Å². The van der Waals surface area contributed by atoms with Gasteiger partial charge in [-0.05, 0) is 0 Å². The molecule has 0 radical (unpaired) electrons. The van der Waals surface area contributed by atoms with Crippen LogP contribution < -0.4 is 0 Å². The highest BCUT2D eigenvalue weighted by Gasteiger charge is 2.29. The third-order valence-electron chi connectivity index (χ3n) is 0.365. The van der Waals surface area contributed by atoms with E-state index in [1.54, 1.807) is 0 Å². The van der Waals surface area contributed by atoms with Crippen LogP contribution in [0.1, 0.15) is 0 Å². The second kappa shape index (κ2) is 2.49. The largest absolute Gasteiger partial charge is 0.444 e. The van der Waals surface area contributed by atoms with Gasteiger partial charge in [-0.3, -0.25) is 20.2 Å². The van der Waals surface area contributed by atoms with Gasteiger partial charge < -0.3 is 0 Å². The molecular weight excluding hydrogens is 136 g/mol. The zero-order chi connectivity index (χ0) is 7.44. The Morgan fingerprint density at radius 1 is 1.22 bits per heavy atom. The summed E-state index contributed by atoms with van der Waals surface area (Å²) in [5, 5.41) is 16.1. The van der Waals surface area contributed by atoms with Crippen molar-refractivity contribution in [2.24, 2.45) is 5.29 Å². The van der Waals surface area contributed by atoms with Crippen LogP contribution in [-0.2, 0) is 0 Å². The first-order valence-electron chi connectivity index (χ1n) is 1.51. The normalized spacial score (nSPS) is 8.00. The predicted molar refractivity (Wildman–Crippen MR) is 21.6 cm³/mol. The van der Waals surface area contributed by atoms with Crippen LogP contribution in [0, 0.1) is 25.1 Å². The first-order valence-corrected chi connectivity index (χ1v) is 1.51. The minimum absolute atomic E-state index is 1.03. The second-order valence-corrected chi connectivity index (χ2v) is 0.826. The zero-order valence-electron chi connectivity index (χ0n) is 3.83. The topological polar surface area (TPSA) is 119 Å². The fraction of sp³-hybridized carbons (Fsp3) is 0. The molecule has 9 heteroatoms. The van der Waals surface area contributed by atoms with Crippen molar-refractivity contribution in [2.45, 2.75) is 0 Å². The Morgan fingerprint density at radius 2 is 1.56 bits per heavy atom. The molecule has 0 aliphatic rings. The third kappa shape index (κ3) is 1.63. The molecule has 0 aromatic rings. The first-order chi connectivity index (χ1) is 4.09. The Labute approximate surface area is 47.0 Å². The lowest BCUT2D eigenvalue weighted by atomic mass is 12.1. The van der Waals surface area contributed by atoms with Gasteiger partial charge in [0.05, 0.1) is 4.91 Å².